The summed E-state index contributed by atoms with van der Waals surface area (Å²) in [6.45, 7) is -0.162. The van der Waals surface area contributed by atoms with Crippen LogP contribution in [-0.2, 0) is 16.1 Å². The Morgan fingerprint density at radius 1 is 1.53 bits per heavy atom. The van der Waals surface area contributed by atoms with Crippen molar-refractivity contribution in [3.8, 4) is 0 Å². The average Bonchev–Trinajstić information content (AvgIpc) is 2.57. The topological polar surface area (TPSA) is 108 Å². The van der Waals surface area contributed by atoms with E-state index in [1.54, 1.807) is 14.1 Å². The Bertz CT molecular complexity index is 478. The molecule has 94 valence electrons. The first-order valence-electron chi connectivity index (χ1n) is 4.61. The number of thioether (sulfide) groups is 1. The largest absolute Gasteiger partial charge is 0.481 e. The van der Waals surface area contributed by atoms with Gasteiger partial charge in [-0.1, -0.05) is 11.8 Å². The van der Waals surface area contributed by atoms with Crippen molar-refractivity contribution in [3.63, 3.8) is 0 Å². The molecule has 0 aliphatic rings. The summed E-state index contributed by atoms with van der Waals surface area (Å²) in [6.07, 6.45) is 0. The first-order chi connectivity index (χ1) is 7.91. The Kier molecular flexibility index (Phi) is 4.32. The Hall–Kier alpha value is -1.77. The summed E-state index contributed by atoms with van der Waals surface area (Å²) in [5.74, 6) is -1.51. The van der Waals surface area contributed by atoms with Crippen LogP contribution >= 0.6 is 11.8 Å². The molecule has 0 unspecified atom stereocenters. The van der Waals surface area contributed by atoms with Gasteiger partial charge in [0.1, 0.15) is 6.54 Å². The minimum atomic E-state index is -1.02. The van der Waals surface area contributed by atoms with Gasteiger partial charge < -0.3 is 10.0 Å². The molecule has 1 aromatic heterocycles. The quantitative estimate of drug-likeness (QED) is 0.646. The second-order valence-corrected chi connectivity index (χ2v) is 4.31. The van der Waals surface area contributed by atoms with Crippen LogP contribution in [0.25, 0.3) is 0 Å². The van der Waals surface area contributed by atoms with Crippen LogP contribution in [0.4, 0.5) is 0 Å². The highest BCUT2D eigenvalue weighted by molar-refractivity contribution is 7.99. The number of H-pyrrole nitrogens is 1. The standard InChI is InChI=1S/C8H12N4O4S/c1-11(2)5(13)3-12-7(16)9-10-8(12)17-4-6(14)15/h3-4H2,1-2H3,(H,9,16)(H,14,15). The molecule has 1 rings (SSSR count). The highest BCUT2D eigenvalue weighted by Gasteiger charge is 2.14. The number of nitrogens with zero attached hydrogens (tertiary/aromatic N) is 3. The lowest BCUT2D eigenvalue weighted by atomic mass is 10.5. The predicted octanol–water partition coefficient (Wildman–Crippen LogP) is -1.16. The van der Waals surface area contributed by atoms with E-state index in [4.69, 9.17) is 5.11 Å². The molecule has 0 spiro atoms. The minimum absolute atomic E-state index is 0.162. The Balaban J connectivity index is 2.83. The lowest BCUT2D eigenvalue weighted by molar-refractivity contribution is -0.134. The molecule has 9 heteroatoms. The number of hydrogen-bond acceptors (Lipinski definition) is 5. The molecule has 1 amide bonds. The number of aromatic amines is 1. The number of aromatic nitrogens is 3. The van der Waals surface area contributed by atoms with Gasteiger partial charge in [0.05, 0.1) is 5.75 Å². The number of likely N-dealkylation sites (N-methyl/N-ethyl adjacent to an activating group) is 1. The molecular weight excluding hydrogens is 248 g/mol. The van der Waals surface area contributed by atoms with E-state index in [-0.39, 0.29) is 23.4 Å². The molecule has 17 heavy (non-hydrogen) atoms. The summed E-state index contributed by atoms with van der Waals surface area (Å²) in [6, 6.07) is 0. The maximum atomic E-state index is 11.5. The van der Waals surface area contributed by atoms with Gasteiger partial charge in [0.2, 0.25) is 5.91 Å². The van der Waals surface area contributed by atoms with Crippen LogP contribution in [0.15, 0.2) is 9.95 Å². The Morgan fingerprint density at radius 3 is 2.71 bits per heavy atom. The third-order valence-corrected chi connectivity index (χ3v) is 2.80. The fraction of sp³-hybridized carbons (Fsp3) is 0.500. The molecule has 0 aromatic carbocycles. The number of carboxylic acid groups (broad SMARTS) is 1. The van der Waals surface area contributed by atoms with Crippen molar-refractivity contribution in [1.29, 1.82) is 0 Å². The maximum Gasteiger partial charge on any atom is 0.344 e. The maximum absolute atomic E-state index is 11.5. The van der Waals surface area contributed by atoms with Gasteiger partial charge in [-0.3, -0.25) is 14.2 Å². The highest BCUT2D eigenvalue weighted by Crippen LogP contribution is 2.12. The smallest absolute Gasteiger partial charge is 0.344 e. The number of amides is 1. The van der Waals surface area contributed by atoms with Crippen molar-refractivity contribution in [2.45, 2.75) is 11.7 Å². The molecule has 2 N–H and O–H groups in total. The highest BCUT2D eigenvalue weighted by atomic mass is 32.2. The second kappa shape index (κ2) is 5.53. The molecule has 1 heterocycles. The fourth-order valence-electron chi connectivity index (χ4n) is 0.956. The lowest BCUT2D eigenvalue weighted by Gasteiger charge is -2.10. The summed E-state index contributed by atoms with van der Waals surface area (Å²) >= 11 is 0.880. The van der Waals surface area contributed by atoms with Crippen molar-refractivity contribution in [2.24, 2.45) is 0 Å². The fourth-order valence-corrected chi connectivity index (χ4v) is 1.62. The van der Waals surface area contributed by atoms with Gasteiger partial charge in [0.15, 0.2) is 5.16 Å². The van der Waals surface area contributed by atoms with Crippen LogP contribution < -0.4 is 5.69 Å². The molecule has 1 aromatic rings. The molecule has 0 aliphatic carbocycles. The number of aliphatic carboxylic acids is 1. The zero-order valence-corrected chi connectivity index (χ0v) is 10.2. The summed E-state index contributed by atoms with van der Waals surface area (Å²) in [5, 5.41) is 14.5. The zero-order valence-electron chi connectivity index (χ0n) is 9.34. The number of nitrogens with one attached hydrogen (secondary N) is 1. The van der Waals surface area contributed by atoms with Crippen LogP contribution in [0, 0.1) is 0 Å². The van der Waals surface area contributed by atoms with E-state index in [9.17, 15) is 14.4 Å². The normalized spacial score (nSPS) is 10.2. The van der Waals surface area contributed by atoms with E-state index in [0.29, 0.717) is 0 Å². The van der Waals surface area contributed by atoms with Crippen molar-refractivity contribution in [1.82, 2.24) is 19.7 Å². The van der Waals surface area contributed by atoms with Gasteiger partial charge in [-0.05, 0) is 0 Å². The van der Waals surface area contributed by atoms with Crippen molar-refractivity contribution in [2.75, 3.05) is 19.8 Å². The summed E-state index contributed by atoms with van der Waals surface area (Å²) < 4.78 is 1.11. The lowest BCUT2D eigenvalue weighted by Crippen LogP contribution is -2.30. The molecule has 0 bridgehead atoms. The number of carboxylic acids is 1. The first-order valence-corrected chi connectivity index (χ1v) is 5.60. The van der Waals surface area contributed by atoms with Gasteiger partial charge in [-0.2, -0.15) is 0 Å². The Morgan fingerprint density at radius 2 is 2.18 bits per heavy atom. The SMILES string of the molecule is CN(C)C(=O)Cn1c(SCC(=O)O)n[nH]c1=O. The van der Waals surface area contributed by atoms with Gasteiger partial charge in [-0.25, -0.2) is 9.89 Å². The third kappa shape index (κ3) is 3.63. The van der Waals surface area contributed by atoms with Crippen LogP contribution in [0.1, 0.15) is 0 Å². The summed E-state index contributed by atoms with van der Waals surface area (Å²) in [4.78, 5) is 34.5. The second-order valence-electron chi connectivity index (χ2n) is 3.37. The Labute approximate surface area is 101 Å². The monoisotopic (exact) mass is 260 g/mol. The zero-order chi connectivity index (χ0) is 13.0. The number of hydrogen-bond donors (Lipinski definition) is 2. The molecule has 0 saturated heterocycles. The van der Waals surface area contributed by atoms with Crippen LogP contribution in [-0.4, -0.2) is 56.5 Å². The van der Waals surface area contributed by atoms with E-state index in [2.05, 4.69) is 10.2 Å². The van der Waals surface area contributed by atoms with E-state index < -0.39 is 11.7 Å². The molecule has 8 nitrogen and oxygen atoms in total. The van der Waals surface area contributed by atoms with Gasteiger partial charge >= 0.3 is 11.7 Å². The van der Waals surface area contributed by atoms with Gasteiger partial charge in [0.25, 0.3) is 0 Å². The average molecular weight is 260 g/mol. The summed E-state index contributed by atoms with van der Waals surface area (Å²) in [7, 11) is 3.13. The van der Waals surface area contributed by atoms with Crippen LogP contribution in [0.2, 0.25) is 0 Å². The van der Waals surface area contributed by atoms with Gasteiger partial charge in [0, 0.05) is 14.1 Å². The number of carbonyl (C=O) groups is 2. The molecule has 0 aliphatic heterocycles. The van der Waals surface area contributed by atoms with E-state index in [0.717, 1.165) is 16.3 Å². The van der Waals surface area contributed by atoms with Crippen molar-refractivity contribution in [3.05, 3.63) is 10.5 Å². The van der Waals surface area contributed by atoms with Crippen molar-refractivity contribution < 1.29 is 14.7 Å². The molecule has 0 radical (unpaired) electrons. The first kappa shape index (κ1) is 13.3. The van der Waals surface area contributed by atoms with Crippen molar-refractivity contribution >= 4 is 23.6 Å². The summed E-state index contributed by atoms with van der Waals surface area (Å²) in [5.41, 5.74) is -0.534. The van der Waals surface area contributed by atoms with Gasteiger partial charge in [-0.15, -0.1) is 5.10 Å². The third-order valence-electron chi connectivity index (χ3n) is 1.84. The van der Waals surface area contributed by atoms with E-state index >= 15 is 0 Å². The van der Waals surface area contributed by atoms with Crippen LogP contribution in [0.3, 0.4) is 0 Å². The molecule has 0 fully saturated rings. The number of rotatable bonds is 5. The van der Waals surface area contributed by atoms with E-state index in [1.807, 2.05) is 0 Å². The van der Waals surface area contributed by atoms with Crippen LogP contribution in [0.5, 0.6) is 0 Å². The minimum Gasteiger partial charge on any atom is -0.481 e. The van der Waals surface area contributed by atoms with E-state index in [1.165, 1.54) is 4.90 Å². The molecular formula is C8H12N4O4S. The molecule has 0 atom stereocenters. The number of carbonyl (C=O) groups excluding carboxylic acids is 1. The molecule has 0 saturated carbocycles. The predicted molar refractivity (Wildman–Crippen MR) is 59.9 cm³/mol.